The summed E-state index contributed by atoms with van der Waals surface area (Å²) in [7, 11) is -4.21. The third-order valence-corrected chi connectivity index (χ3v) is 11.7. The fourth-order valence-corrected chi connectivity index (χ4v) is 8.41. The van der Waals surface area contributed by atoms with E-state index in [-0.39, 0.29) is 48.6 Å². The van der Waals surface area contributed by atoms with E-state index in [0.717, 1.165) is 9.96 Å². The van der Waals surface area contributed by atoms with Crippen LogP contribution in [0.25, 0.3) is 5.65 Å². The molecule has 0 aliphatic carbocycles. The quantitative estimate of drug-likeness (QED) is 0.212. The first-order chi connectivity index (χ1) is 24.5. The molecule has 0 bridgehead atoms. The zero-order valence-electron chi connectivity index (χ0n) is 29.1. The lowest BCUT2D eigenvalue weighted by Crippen LogP contribution is -2.50. The molecule has 0 radical (unpaired) electrons. The first-order valence-corrected chi connectivity index (χ1v) is 18.2. The average molecular weight is 748 g/mol. The average Bonchev–Trinajstić information content (AvgIpc) is 3.50. The number of halogens is 3. The summed E-state index contributed by atoms with van der Waals surface area (Å²) in [5, 5.41) is 26.7. The minimum atomic E-state index is -4.76. The number of nitrogens with zero attached hydrogens (tertiary/aromatic N) is 5. The van der Waals surface area contributed by atoms with Crippen LogP contribution in [0.15, 0.2) is 47.5 Å². The second-order valence-corrected chi connectivity index (χ2v) is 15.7. The van der Waals surface area contributed by atoms with Crippen LogP contribution in [0.5, 0.6) is 11.8 Å². The molecule has 1 aromatic carbocycles. The number of carboxylic acids is 1. The van der Waals surface area contributed by atoms with Gasteiger partial charge in [-0.2, -0.15) is 22.5 Å². The second-order valence-electron chi connectivity index (χ2n) is 13.8. The molecule has 2 aliphatic heterocycles. The molecule has 13 nitrogen and oxygen atoms in total. The van der Waals surface area contributed by atoms with E-state index >= 15 is 0 Å². The van der Waals surface area contributed by atoms with Crippen molar-refractivity contribution in [3.05, 3.63) is 76.2 Å². The number of carboxylic acid groups (broad SMARTS) is 1. The molecule has 1 saturated heterocycles. The van der Waals surface area contributed by atoms with Gasteiger partial charge in [0, 0.05) is 50.6 Å². The topological polar surface area (TPSA) is 166 Å². The molecule has 0 amide bonds. The van der Waals surface area contributed by atoms with Crippen molar-refractivity contribution in [1.82, 2.24) is 23.9 Å². The predicted molar refractivity (Wildman–Crippen MR) is 180 cm³/mol. The number of sulfonamides is 1. The summed E-state index contributed by atoms with van der Waals surface area (Å²) < 4.78 is 89.6. The van der Waals surface area contributed by atoms with Crippen LogP contribution in [0.4, 0.5) is 13.2 Å². The van der Waals surface area contributed by atoms with Crippen LogP contribution >= 0.6 is 0 Å². The summed E-state index contributed by atoms with van der Waals surface area (Å²) in [6.45, 7) is 7.13. The van der Waals surface area contributed by atoms with E-state index in [0.29, 0.717) is 54.7 Å². The number of hydrogen-bond acceptors (Lipinski definition) is 10. The Morgan fingerprint density at radius 2 is 1.83 bits per heavy atom. The van der Waals surface area contributed by atoms with Gasteiger partial charge < -0.3 is 24.4 Å². The normalized spacial score (nSPS) is 18.1. The van der Waals surface area contributed by atoms with Crippen molar-refractivity contribution in [1.29, 1.82) is 0 Å². The molecule has 2 aliphatic rings. The lowest BCUT2D eigenvalue weighted by Gasteiger charge is -2.38. The molecular weight excluding hydrogens is 707 g/mol. The maximum absolute atomic E-state index is 14.4. The zero-order valence-corrected chi connectivity index (χ0v) is 29.9. The Hall–Kier alpha value is -4.32. The van der Waals surface area contributed by atoms with E-state index in [2.05, 4.69) is 15.2 Å². The van der Waals surface area contributed by atoms with Gasteiger partial charge in [-0.15, -0.1) is 10.2 Å². The first-order valence-electron chi connectivity index (χ1n) is 16.7. The van der Waals surface area contributed by atoms with E-state index in [1.165, 1.54) is 42.5 Å². The zero-order chi connectivity index (χ0) is 37.6. The first kappa shape index (κ1) is 37.4. The molecule has 1 fully saturated rings. The maximum Gasteiger partial charge on any atom is 0.452 e. The summed E-state index contributed by atoms with van der Waals surface area (Å²) in [5.41, 5.74) is 0.111. The van der Waals surface area contributed by atoms with Gasteiger partial charge in [-0.25, -0.2) is 8.42 Å². The summed E-state index contributed by atoms with van der Waals surface area (Å²) in [6.07, 6.45) is -2.42. The number of aliphatic hydroxyl groups is 1. The highest BCUT2D eigenvalue weighted by Gasteiger charge is 2.46. The van der Waals surface area contributed by atoms with Crippen molar-refractivity contribution in [2.45, 2.75) is 76.1 Å². The Bertz CT molecular complexity index is 2100. The maximum atomic E-state index is 14.4. The molecule has 0 unspecified atom stereocenters. The van der Waals surface area contributed by atoms with Gasteiger partial charge in [0.2, 0.25) is 27.6 Å². The fourth-order valence-electron chi connectivity index (χ4n) is 6.87. The summed E-state index contributed by atoms with van der Waals surface area (Å²) >= 11 is 0. The minimum absolute atomic E-state index is 0.0202. The highest BCUT2D eigenvalue weighted by Crippen LogP contribution is 2.45. The number of aliphatic carboxylic acids is 1. The molecule has 6 rings (SSSR count). The van der Waals surface area contributed by atoms with E-state index in [4.69, 9.17) is 19.3 Å². The lowest BCUT2D eigenvalue weighted by molar-refractivity contribution is -0.147. The Balaban J connectivity index is 1.43. The van der Waals surface area contributed by atoms with E-state index in [1.807, 2.05) is 6.92 Å². The van der Waals surface area contributed by atoms with Crippen LogP contribution in [0.1, 0.15) is 72.7 Å². The number of benzene rings is 1. The summed E-state index contributed by atoms with van der Waals surface area (Å²) in [6, 6.07) is 9.56. The molecule has 5 heterocycles. The molecule has 1 spiro atoms. The highest BCUT2D eigenvalue weighted by atomic mass is 32.2. The molecule has 52 heavy (non-hydrogen) atoms. The van der Waals surface area contributed by atoms with Gasteiger partial charge in [0.25, 0.3) is 0 Å². The summed E-state index contributed by atoms with van der Waals surface area (Å²) in [5.74, 6) is -3.17. The molecule has 4 aromatic rings. The van der Waals surface area contributed by atoms with Crippen LogP contribution < -0.4 is 9.47 Å². The van der Waals surface area contributed by atoms with Gasteiger partial charge in [0.15, 0.2) is 5.65 Å². The number of rotatable bonds is 10. The van der Waals surface area contributed by atoms with Crippen molar-refractivity contribution >= 4 is 21.6 Å². The smallest absolute Gasteiger partial charge is 0.452 e. The van der Waals surface area contributed by atoms with Crippen LogP contribution in [0.2, 0.25) is 0 Å². The molecule has 0 saturated carbocycles. The largest absolute Gasteiger partial charge is 0.481 e. The number of aliphatic hydroxyl groups excluding tert-OH is 1. The van der Waals surface area contributed by atoms with E-state index in [9.17, 15) is 31.5 Å². The van der Waals surface area contributed by atoms with Gasteiger partial charge in [-0.3, -0.25) is 9.20 Å². The molecular formula is C35H40F3N5O8S. The number of carbonyl (C=O) groups is 1. The fraction of sp³-hybridized carbons (Fsp3) is 0.486. The van der Waals surface area contributed by atoms with Crippen molar-refractivity contribution in [2.24, 2.45) is 5.41 Å². The van der Waals surface area contributed by atoms with Crippen LogP contribution in [0, 0.1) is 19.3 Å². The van der Waals surface area contributed by atoms with Crippen molar-refractivity contribution in [3.8, 4) is 11.8 Å². The Kier molecular flexibility index (Phi) is 10.0. The number of fused-ring (bicyclic) bond motifs is 2. The van der Waals surface area contributed by atoms with Gasteiger partial charge in [-0.1, -0.05) is 18.2 Å². The van der Waals surface area contributed by atoms with Crippen molar-refractivity contribution < 1.29 is 50.8 Å². The van der Waals surface area contributed by atoms with Crippen molar-refractivity contribution in [3.63, 3.8) is 0 Å². The SMILES string of the molecule is Cc1ccc([C@@H](c2ccn3c(C(F)(F)F)nnc3c2C)C(C)(C)C(=O)O)cc1CN1CC2(CCOCC2)Oc2nc(OCCCO)ccc2S1(=O)=O. The van der Waals surface area contributed by atoms with Gasteiger partial charge in [0.05, 0.1) is 31.8 Å². The van der Waals surface area contributed by atoms with Gasteiger partial charge in [0.1, 0.15) is 10.5 Å². The molecule has 17 heteroatoms. The van der Waals surface area contributed by atoms with Gasteiger partial charge in [-0.05, 0) is 67.6 Å². The Labute approximate surface area is 298 Å². The number of alkyl halides is 3. The Morgan fingerprint density at radius 1 is 1.10 bits per heavy atom. The Morgan fingerprint density at radius 3 is 2.50 bits per heavy atom. The molecule has 2 N–H and O–H groups in total. The number of aromatic nitrogens is 4. The summed E-state index contributed by atoms with van der Waals surface area (Å²) in [4.78, 5) is 17.0. The van der Waals surface area contributed by atoms with Gasteiger partial charge >= 0.3 is 12.1 Å². The van der Waals surface area contributed by atoms with Crippen LogP contribution in [-0.4, -0.2) is 87.1 Å². The third-order valence-electron chi connectivity index (χ3n) is 9.91. The van der Waals surface area contributed by atoms with E-state index in [1.54, 1.807) is 25.1 Å². The second kappa shape index (κ2) is 13.9. The molecule has 280 valence electrons. The van der Waals surface area contributed by atoms with E-state index < -0.39 is 44.9 Å². The third kappa shape index (κ3) is 6.93. The number of hydrogen-bond donors (Lipinski definition) is 2. The monoisotopic (exact) mass is 747 g/mol. The number of pyridine rings is 2. The van der Waals surface area contributed by atoms with Crippen LogP contribution in [-0.2, 0) is 32.3 Å². The van der Waals surface area contributed by atoms with Crippen LogP contribution in [0.3, 0.4) is 0 Å². The van der Waals surface area contributed by atoms with Crippen molar-refractivity contribution in [2.75, 3.05) is 33.0 Å². The lowest BCUT2D eigenvalue weighted by atomic mass is 9.70. The highest BCUT2D eigenvalue weighted by molar-refractivity contribution is 7.89. The molecule has 3 aromatic heterocycles. The number of ether oxygens (including phenoxy) is 3. The molecule has 1 atom stereocenters. The number of aryl methyl sites for hydroxylation is 2. The predicted octanol–water partition coefficient (Wildman–Crippen LogP) is 4.90. The minimum Gasteiger partial charge on any atom is -0.481 e. The standard InChI is InChI=1S/C35H40F3N5O8S/c1-21-6-7-23(28(33(3,4)32(45)46)25-10-13-43-29(22(25)2)40-41-31(43)35(36,37)38)18-24(21)19-42-20-34(11-16-49-17-12-34)51-30-26(52(42,47)48)8-9-27(39-30)50-15-5-14-44/h6-10,13,18,28,44H,5,11-12,14-17,19-20H2,1-4H3,(H,45,46)/t28-/m0/s1.